The molecule has 0 fully saturated rings. The molecule has 2 nitrogen and oxygen atoms in total. The Labute approximate surface area is 84.6 Å². The molecule has 1 aromatic heterocycles. The first kappa shape index (κ1) is 11.5. The van der Waals surface area contributed by atoms with Crippen LogP contribution in [0.25, 0.3) is 0 Å². The second-order valence-electron chi connectivity index (χ2n) is 2.54. The van der Waals surface area contributed by atoms with Crippen molar-refractivity contribution in [3.05, 3.63) is 23.9 Å². The normalized spacial score (nSPS) is 13.0. The molecule has 1 N–H and O–H groups in total. The molecule has 2 heterocycles. The second kappa shape index (κ2) is 5.22. The summed E-state index contributed by atoms with van der Waals surface area (Å²) in [7, 11) is 0. The second-order valence-corrected chi connectivity index (χ2v) is 2.54. The van der Waals surface area contributed by atoms with Crippen molar-refractivity contribution in [2.45, 2.75) is 12.8 Å². The smallest absolute Gasteiger partial charge is 0.129 e. The summed E-state index contributed by atoms with van der Waals surface area (Å²) in [5, 5.41) is 3.25. The Bertz CT molecular complexity index is 215. The van der Waals surface area contributed by atoms with Gasteiger partial charge >= 0.3 is 0 Å². The quantitative estimate of drug-likeness (QED) is 0.705. The van der Waals surface area contributed by atoms with E-state index in [9.17, 15) is 0 Å². The summed E-state index contributed by atoms with van der Waals surface area (Å²) in [5.74, 6) is 1.08. The van der Waals surface area contributed by atoms with Gasteiger partial charge in [0, 0.05) is 12.7 Å². The lowest BCUT2D eigenvalue weighted by Crippen LogP contribution is -2.12. The summed E-state index contributed by atoms with van der Waals surface area (Å²) < 4.78 is 0. The van der Waals surface area contributed by atoms with Gasteiger partial charge in [-0.25, -0.2) is 4.98 Å². The van der Waals surface area contributed by atoms with Crippen molar-refractivity contribution in [2.24, 2.45) is 0 Å². The summed E-state index contributed by atoms with van der Waals surface area (Å²) in [6.07, 6.45) is 4.24. The molecule has 0 saturated carbocycles. The number of anilines is 1. The molecular formula is C8H12Cl2N2. The molecule has 0 aromatic carbocycles. The molecule has 0 unspecified atom stereocenters. The summed E-state index contributed by atoms with van der Waals surface area (Å²) in [5.41, 5.74) is 1.36. The molecule has 2 rings (SSSR count). The minimum absolute atomic E-state index is 0. The van der Waals surface area contributed by atoms with Crippen LogP contribution in [0.2, 0.25) is 0 Å². The van der Waals surface area contributed by atoms with E-state index < -0.39 is 0 Å². The van der Waals surface area contributed by atoms with E-state index in [0.29, 0.717) is 0 Å². The third-order valence-corrected chi connectivity index (χ3v) is 1.81. The molecule has 4 heteroatoms. The largest absolute Gasteiger partial charge is 0.370 e. The number of hydrogen-bond acceptors (Lipinski definition) is 2. The van der Waals surface area contributed by atoms with Crippen molar-refractivity contribution in [3.63, 3.8) is 0 Å². The number of pyridine rings is 1. The van der Waals surface area contributed by atoms with Gasteiger partial charge in [0.1, 0.15) is 5.82 Å². The van der Waals surface area contributed by atoms with Gasteiger partial charge in [0.05, 0.1) is 0 Å². The Balaban J connectivity index is 0.000000605. The highest BCUT2D eigenvalue weighted by molar-refractivity contribution is 5.85. The molecular weight excluding hydrogens is 195 g/mol. The number of fused-ring (bicyclic) bond motifs is 1. The predicted octanol–water partition coefficient (Wildman–Crippen LogP) is 2.28. The summed E-state index contributed by atoms with van der Waals surface area (Å²) >= 11 is 0. The molecule has 1 aromatic rings. The number of aryl methyl sites for hydroxylation is 1. The first-order valence-corrected chi connectivity index (χ1v) is 3.64. The third-order valence-electron chi connectivity index (χ3n) is 1.81. The lowest BCUT2D eigenvalue weighted by molar-refractivity contribution is 0.818. The van der Waals surface area contributed by atoms with Gasteiger partial charge in [-0.1, -0.05) is 6.07 Å². The van der Waals surface area contributed by atoms with Crippen LogP contribution in [0.3, 0.4) is 0 Å². The van der Waals surface area contributed by atoms with E-state index >= 15 is 0 Å². The molecule has 0 atom stereocenters. The highest BCUT2D eigenvalue weighted by Crippen LogP contribution is 2.17. The molecule has 0 bridgehead atoms. The van der Waals surface area contributed by atoms with Crippen LogP contribution in [0, 0.1) is 0 Å². The standard InChI is InChI=1S/C8H10N2.2ClH/c1-3-7-4-2-6-10-8(7)9-5-1;;/h1,3,5H,2,4,6H2,(H,9,10);2*1H. The van der Waals surface area contributed by atoms with Crippen LogP contribution >= 0.6 is 24.8 Å². The van der Waals surface area contributed by atoms with Crippen LogP contribution in [-0.2, 0) is 6.42 Å². The zero-order chi connectivity index (χ0) is 6.81. The molecule has 68 valence electrons. The fraction of sp³-hybridized carbons (Fsp3) is 0.375. The maximum atomic E-state index is 4.21. The monoisotopic (exact) mass is 206 g/mol. The van der Waals surface area contributed by atoms with E-state index in [0.717, 1.165) is 12.4 Å². The number of rotatable bonds is 0. The van der Waals surface area contributed by atoms with Crippen LogP contribution < -0.4 is 5.32 Å². The van der Waals surface area contributed by atoms with Gasteiger partial charge in [-0.15, -0.1) is 24.8 Å². The molecule has 0 spiro atoms. The Morgan fingerprint density at radius 3 is 2.92 bits per heavy atom. The molecule has 0 saturated heterocycles. The Morgan fingerprint density at radius 1 is 1.33 bits per heavy atom. The number of nitrogens with zero attached hydrogens (tertiary/aromatic N) is 1. The summed E-state index contributed by atoms with van der Waals surface area (Å²) in [4.78, 5) is 4.21. The van der Waals surface area contributed by atoms with E-state index in [4.69, 9.17) is 0 Å². The van der Waals surface area contributed by atoms with Gasteiger partial charge in [0.15, 0.2) is 0 Å². The summed E-state index contributed by atoms with van der Waals surface area (Å²) in [6.45, 7) is 1.07. The van der Waals surface area contributed by atoms with E-state index in [1.807, 2.05) is 12.3 Å². The fourth-order valence-corrected chi connectivity index (χ4v) is 1.29. The molecule has 1 aliphatic rings. The van der Waals surface area contributed by atoms with Crippen LogP contribution in [-0.4, -0.2) is 11.5 Å². The van der Waals surface area contributed by atoms with E-state index in [-0.39, 0.29) is 24.8 Å². The average molecular weight is 207 g/mol. The lowest BCUT2D eigenvalue weighted by atomic mass is 10.1. The molecule has 0 amide bonds. The predicted molar refractivity (Wildman–Crippen MR) is 55.5 cm³/mol. The Hall–Kier alpha value is -0.470. The van der Waals surface area contributed by atoms with Gasteiger partial charge in [0.2, 0.25) is 0 Å². The van der Waals surface area contributed by atoms with Crippen molar-refractivity contribution in [1.82, 2.24) is 4.98 Å². The zero-order valence-corrected chi connectivity index (χ0v) is 8.25. The van der Waals surface area contributed by atoms with Gasteiger partial charge in [-0.05, 0) is 24.5 Å². The van der Waals surface area contributed by atoms with Gasteiger partial charge in [0.25, 0.3) is 0 Å². The summed E-state index contributed by atoms with van der Waals surface area (Å²) in [6, 6.07) is 4.13. The molecule has 1 aliphatic heterocycles. The van der Waals surface area contributed by atoms with Crippen molar-refractivity contribution in [3.8, 4) is 0 Å². The first-order chi connectivity index (χ1) is 4.97. The van der Waals surface area contributed by atoms with Crippen molar-refractivity contribution < 1.29 is 0 Å². The number of nitrogens with one attached hydrogen (secondary N) is 1. The first-order valence-electron chi connectivity index (χ1n) is 3.64. The average Bonchev–Trinajstić information content (AvgIpc) is 2.05. The van der Waals surface area contributed by atoms with Crippen molar-refractivity contribution >= 4 is 30.6 Å². The minimum atomic E-state index is 0. The van der Waals surface area contributed by atoms with Crippen LogP contribution in [0.4, 0.5) is 5.82 Å². The van der Waals surface area contributed by atoms with E-state index in [2.05, 4.69) is 16.4 Å². The molecule has 0 radical (unpaired) electrons. The topological polar surface area (TPSA) is 24.9 Å². The third kappa shape index (κ3) is 2.26. The van der Waals surface area contributed by atoms with Crippen LogP contribution in [0.1, 0.15) is 12.0 Å². The molecule has 0 aliphatic carbocycles. The minimum Gasteiger partial charge on any atom is -0.370 e. The Kier molecular flexibility index (Phi) is 5.02. The maximum absolute atomic E-state index is 4.21. The maximum Gasteiger partial charge on any atom is 0.129 e. The lowest BCUT2D eigenvalue weighted by Gasteiger charge is -2.15. The number of hydrogen-bond donors (Lipinski definition) is 1. The zero-order valence-electron chi connectivity index (χ0n) is 6.62. The van der Waals surface area contributed by atoms with Crippen molar-refractivity contribution in [1.29, 1.82) is 0 Å². The Morgan fingerprint density at radius 2 is 2.17 bits per heavy atom. The van der Waals surface area contributed by atoms with E-state index in [1.165, 1.54) is 18.4 Å². The number of halogens is 2. The number of aromatic nitrogens is 1. The fourth-order valence-electron chi connectivity index (χ4n) is 1.29. The van der Waals surface area contributed by atoms with Crippen LogP contribution in [0.15, 0.2) is 18.3 Å². The van der Waals surface area contributed by atoms with Gasteiger partial charge < -0.3 is 5.32 Å². The highest BCUT2D eigenvalue weighted by Gasteiger charge is 2.06. The highest BCUT2D eigenvalue weighted by atomic mass is 35.5. The van der Waals surface area contributed by atoms with Gasteiger partial charge in [-0.2, -0.15) is 0 Å². The molecule has 12 heavy (non-hydrogen) atoms. The van der Waals surface area contributed by atoms with E-state index in [1.54, 1.807) is 0 Å². The SMILES string of the molecule is Cl.Cl.c1cnc2c(c1)CCCN2. The van der Waals surface area contributed by atoms with Crippen LogP contribution in [0.5, 0.6) is 0 Å². The van der Waals surface area contributed by atoms with Crippen molar-refractivity contribution in [2.75, 3.05) is 11.9 Å². The van der Waals surface area contributed by atoms with Gasteiger partial charge in [-0.3, -0.25) is 0 Å².